The number of hydrogen-bond acceptors (Lipinski definition) is 6. The van der Waals surface area contributed by atoms with Gasteiger partial charge in [-0.3, -0.25) is 9.59 Å². The van der Waals surface area contributed by atoms with Crippen LogP contribution in [0.1, 0.15) is 27.0 Å². The number of aromatic nitrogens is 2. The summed E-state index contributed by atoms with van der Waals surface area (Å²) in [6.45, 7) is 0.945. The summed E-state index contributed by atoms with van der Waals surface area (Å²) in [6.07, 6.45) is -5.42. The molecule has 1 aliphatic heterocycles. The predicted molar refractivity (Wildman–Crippen MR) is 133 cm³/mol. The number of benzene rings is 2. The average Bonchev–Trinajstić information content (AvgIpc) is 2.92. The number of alkyl halides is 6. The van der Waals surface area contributed by atoms with Gasteiger partial charge in [-0.1, -0.05) is 23.9 Å². The molecule has 0 saturated carbocycles. The quantitative estimate of drug-likeness (QED) is 0.293. The molecule has 0 unspecified atom stereocenters. The first kappa shape index (κ1) is 29.1. The molecule has 1 N–H and O–H groups in total. The molecule has 0 spiro atoms. The van der Waals surface area contributed by atoms with Gasteiger partial charge in [-0.2, -0.15) is 26.3 Å². The number of ether oxygens (including phenoxy) is 1. The monoisotopic (exact) mass is 582 g/mol. The zero-order valence-electron chi connectivity index (χ0n) is 20.4. The van der Waals surface area contributed by atoms with Gasteiger partial charge in [-0.25, -0.2) is 9.97 Å². The Labute approximate surface area is 228 Å². The van der Waals surface area contributed by atoms with Crippen LogP contribution in [-0.4, -0.2) is 53.0 Å². The van der Waals surface area contributed by atoms with Gasteiger partial charge in [0.25, 0.3) is 5.91 Å². The molecule has 1 aromatic heterocycles. The van der Waals surface area contributed by atoms with Crippen LogP contribution in [0.3, 0.4) is 0 Å². The molecule has 0 bridgehead atoms. The lowest BCUT2D eigenvalue weighted by Crippen LogP contribution is -2.39. The van der Waals surface area contributed by atoms with Crippen LogP contribution in [0, 0.1) is 0 Å². The zero-order valence-corrected chi connectivity index (χ0v) is 21.2. The summed E-state index contributed by atoms with van der Waals surface area (Å²) in [5.74, 6) is -1.22. The van der Waals surface area contributed by atoms with Crippen LogP contribution in [0.4, 0.5) is 32.0 Å². The highest BCUT2D eigenvalue weighted by molar-refractivity contribution is 7.99. The van der Waals surface area contributed by atoms with Gasteiger partial charge in [0.15, 0.2) is 0 Å². The largest absolute Gasteiger partial charge is 0.418 e. The number of nitrogens with one attached hydrogen (secondary N) is 1. The minimum absolute atomic E-state index is 0.130. The Morgan fingerprint density at radius 3 is 2.27 bits per heavy atom. The highest BCUT2D eigenvalue weighted by Gasteiger charge is 2.46. The lowest BCUT2D eigenvalue weighted by molar-refractivity contribution is -0.163. The van der Waals surface area contributed by atoms with E-state index in [-0.39, 0.29) is 42.4 Å². The number of rotatable bonds is 6. The second-order valence-electron chi connectivity index (χ2n) is 8.38. The van der Waals surface area contributed by atoms with E-state index in [2.05, 4.69) is 15.3 Å². The highest BCUT2D eigenvalue weighted by atomic mass is 32.2. The van der Waals surface area contributed by atoms with Gasteiger partial charge < -0.3 is 15.0 Å². The molecule has 14 heteroatoms. The number of morpholine rings is 1. The van der Waals surface area contributed by atoms with Crippen molar-refractivity contribution < 1.29 is 40.7 Å². The molecular formula is C26H20F6N4O3S. The van der Waals surface area contributed by atoms with Gasteiger partial charge >= 0.3 is 12.4 Å². The fourth-order valence-electron chi connectivity index (χ4n) is 3.84. The van der Waals surface area contributed by atoms with Crippen molar-refractivity contribution in [3.8, 4) is 0 Å². The summed E-state index contributed by atoms with van der Waals surface area (Å²) in [6, 6.07) is 7.45. The second-order valence-corrected chi connectivity index (χ2v) is 9.50. The molecule has 2 heterocycles. The van der Waals surface area contributed by atoms with Crippen LogP contribution < -0.4 is 5.32 Å². The molecule has 1 fully saturated rings. The van der Waals surface area contributed by atoms with E-state index in [4.69, 9.17) is 4.74 Å². The SMILES string of the molecule is O=C(Nc1cccc(Sc2ccc(/C=C/C(=O)N3CCOCC3)c(C(F)(F)F)c2C(F)(F)F)c1)c1cncnc1. The van der Waals surface area contributed by atoms with Gasteiger partial charge in [-0.05, 0) is 35.9 Å². The van der Waals surface area contributed by atoms with Crippen LogP contribution in [-0.2, 0) is 21.9 Å². The molecule has 210 valence electrons. The number of nitrogens with zero attached hydrogens (tertiary/aromatic N) is 3. The first-order valence-corrected chi connectivity index (χ1v) is 12.5. The summed E-state index contributed by atoms with van der Waals surface area (Å²) in [5.41, 5.74) is -4.24. The Morgan fingerprint density at radius 1 is 0.950 bits per heavy atom. The standard InChI is InChI=1S/C26H20F6N4O3S/c27-25(28,29)22-16(5-7-21(37)36-8-10-39-11-9-36)4-6-20(23(22)26(30,31)32)40-19-3-1-2-18(12-19)35-24(38)17-13-33-15-34-14-17/h1-7,12-15H,8-11H2,(H,35,38)/b7-5+. The molecular weight excluding hydrogens is 562 g/mol. The molecule has 7 nitrogen and oxygen atoms in total. The van der Waals surface area contributed by atoms with Crippen LogP contribution in [0.2, 0.25) is 0 Å². The lowest BCUT2D eigenvalue weighted by atomic mass is 9.99. The molecule has 0 aliphatic carbocycles. The number of hydrogen-bond donors (Lipinski definition) is 1. The maximum Gasteiger partial charge on any atom is 0.418 e. The van der Waals surface area contributed by atoms with E-state index in [9.17, 15) is 35.9 Å². The van der Waals surface area contributed by atoms with Crippen LogP contribution in [0.25, 0.3) is 6.08 Å². The molecule has 2 aromatic carbocycles. The van der Waals surface area contributed by atoms with E-state index < -0.39 is 45.8 Å². The smallest absolute Gasteiger partial charge is 0.378 e. The summed E-state index contributed by atoms with van der Waals surface area (Å²) < 4.78 is 89.9. The van der Waals surface area contributed by atoms with Gasteiger partial charge in [0.1, 0.15) is 6.33 Å². The molecule has 40 heavy (non-hydrogen) atoms. The summed E-state index contributed by atoms with van der Waals surface area (Å²) >= 11 is 0.455. The number of anilines is 1. The zero-order chi connectivity index (χ0) is 28.9. The molecule has 3 aromatic rings. The summed E-state index contributed by atoms with van der Waals surface area (Å²) in [4.78, 5) is 33.0. The van der Waals surface area contributed by atoms with E-state index in [0.717, 1.165) is 24.3 Å². The molecule has 0 atom stereocenters. The van der Waals surface area contributed by atoms with Crippen LogP contribution >= 0.6 is 11.8 Å². The van der Waals surface area contributed by atoms with Crippen molar-refractivity contribution in [3.05, 3.63) is 83.4 Å². The number of carbonyl (C=O) groups excluding carboxylic acids is 2. The third kappa shape index (κ3) is 7.18. The molecule has 1 aliphatic rings. The Kier molecular flexibility index (Phi) is 8.79. The van der Waals surface area contributed by atoms with E-state index in [1.165, 1.54) is 47.9 Å². The van der Waals surface area contributed by atoms with Crippen molar-refractivity contribution in [2.45, 2.75) is 22.1 Å². The third-order valence-corrected chi connectivity index (χ3v) is 6.69. The minimum Gasteiger partial charge on any atom is -0.378 e. The number of carbonyl (C=O) groups is 2. The Morgan fingerprint density at radius 2 is 1.62 bits per heavy atom. The second kappa shape index (κ2) is 12.1. The fraction of sp³-hybridized carbons (Fsp3) is 0.231. The molecule has 1 saturated heterocycles. The number of halogens is 6. The van der Waals surface area contributed by atoms with Crippen molar-refractivity contribution in [2.24, 2.45) is 0 Å². The van der Waals surface area contributed by atoms with E-state index in [1.54, 1.807) is 0 Å². The Hall–Kier alpha value is -3.91. The van der Waals surface area contributed by atoms with Crippen molar-refractivity contribution in [1.29, 1.82) is 0 Å². The van der Waals surface area contributed by atoms with Gasteiger partial charge in [-0.15, -0.1) is 0 Å². The third-order valence-electron chi connectivity index (χ3n) is 5.64. The molecule has 0 radical (unpaired) electrons. The topological polar surface area (TPSA) is 84.4 Å². The number of amides is 2. The Balaban J connectivity index is 1.67. The van der Waals surface area contributed by atoms with Crippen molar-refractivity contribution >= 4 is 35.3 Å². The van der Waals surface area contributed by atoms with E-state index in [1.807, 2.05) is 0 Å². The Bertz CT molecular complexity index is 1410. The van der Waals surface area contributed by atoms with Gasteiger partial charge in [0, 0.05) is 47.0 Å². The first-order valence-electron chi connectivity index (χ1n) is 11.6. The predicted octanol–water partition coefficient (Wildman–Crippen LogP) is 5.79. The molecule has 2 amide bonds. The van der Waals surface area contributed by atoms with Crippen LogP contribution in [0.5, 0.6) is 0 Å². The first-order chi connectivity index (χ1) is 18.9. The highest BCUT2D eigenvalue weighted by Crippen LogP contribution is 2.48. The fourth-order valence-corrected chi connectivity index (χ4v) is 4.89. The maximum atomic E-state index is 14.2. The normalized spacial score (nSPS) is 14.4. The van der Waals surface area contributed by atoms with Crippen molar-refractivity contribution in [1.82, 2.24) is 14.9 Å². The molecule has 4 rings (SSSR count). The minimum atomic E-state index is -5.38. The average molecular weight is 583 g/mol. The van der Waals surface area contributed by atoms with Crippen molar-refractivity contribution in [3.63, 3.8) is 0 Å². The van der Waals surface area contributed by atoms with E-state index in [0.29, 0.717) is 11.8 Å². The van der Waals surface area contributed by atoms with Gasteiger partial charge in [0.05, 0.1) is 29.9 Å². The lowest BCUT2D eigenvalue weighted by Gasteiger charge is -2.25. The van der Waals surface area contributed by atoms with Crippen molar-refractivity contribution in [2.75, 3.05) is 31.6 Å². The van der Waals surface area contributed by atoms with E-state index >= 15 is 0 Å². The summed E-state index contributed by atoms with van der Waals surface area (Å²) in [5, 5.41) is 2.54. The maximum absolute atomic E-state index is 14.2. The van der Waals surface area contributed by atoms with Gasteiger partial charge in [0.2, 0.25) is 5.91 Å². The van der Waals surface area contributed by atoms with Crippen LogP contribution in [0.15, 0.2) is 71.0 Å². The summed E-state index contributed by atoms with van der Waals surface area (Å²) in [7, 11) is 0.